The molecule has 1 N–H and O–H groups in total. The molecule has 1 amide bonds. The van der Waals surface area contributed by atoms with E-state index in [0.29, 0.717) is 0 Å². The molecule has 0 aromatic heterocycles. The van der Waals surface area contributed by atoms with Gasteiger partial charge in [0.15, 0.2) is 0 Å². The SMILES string of the molecule is C[C@@H]1[C@@H]2c3ccccc3[C@](C)([C@H]1O)N2C(=O)OC(C)(C)C. The molecule has 1 aromatic rings. The van der Waals surface area contributed by atoms with Crippen molar-refractivity contribution in [2.45, 2.75) is 57.9 Å². The van der Waals surface area contributed by atoms with E-state index in [4.69, 9.17) is 4.74 Å². The molecule has 1 saturated heterocycles. The molecule has 0 saturated carbocycles. The van der Waals surface area contributed by atoms with Gasteiger partial charge in [-0.1, -0.05) is 31.2 Å². The number of fused-ring (bicyclic) bond motifs is 5. The van der Waals surface area contributed by atoms with Crippen LogP contribution in [0.5, 0.6) is 0 Å². The first-order valence-corrected chi connectivity index (χ1v) is 7.47. The molecule has 4 nitrogen and oxygen atoms in total. The summed E-state index contributed by atoms with van der Waals surface area (Å²) in [6.07, 6.45) is -0.931. The van der Waals surface area contributed by atoms with Gasteiger partial charge in [0, 0.05) is 5.92 Å². The van der Waals surface area contributed by atoms with Crippen LogP contribution in [-0.4, -0.2) is 27.8 Å². The third-order valence-corrected chi connectivity index (χ3v) is 4.77. The van der Waals surface area contributed by atoms with Gasteiger partial charge in [-0.3, -0.25) is 4.90 Å². The molecule has 3 rings (SSSR count). The lowest BCUT2D eigenvalue weighted by molar-refractivity contribution is -0.0119. The lowest BCUT2D eigenvalue weighted by atomic mass is 9.76. The highest BCUT2D eigenvalue weighted by molar-refractivity contribution is 5.74. The van der Waals surface area contributed by atoms with Crippen molar-refractivity contribution in [2.24, 2.45) is 5.92 Å². The highest BCUT2D eigenvalue weighted by atomic mass is 16.6. The first kappa shape index (κ1) is 14.4. The summed E-state index contributed by atoms with van der Waals surface area (Å²) in [5.74, 6) is -0.00239. The van der Waals surface area contributed by atoms with Gasteiger partial charge in [-0.15, -0.1) is 0 Å². The van der Waals surface area contributed by atoms with E-state index in [-0.39, 0.29) is 18.1 Å². The second-order valence-electron chi connectivity index (χ2n) is 7.33. The second-order valence-corrected chi connectivity index (χ2v) is 7.33. The zero-order chi connectivity index (χ0) is 15.6. The van der Waals surface area contributed by atoms with Crippen molar-refractivity contribution >= 4 is 6.09 Å². The topological polar surface area (TPSA) is 49.8 Å². The zero-order valence-electron chi connectivity index (χ0n) is 13.3. The van der Waals surface area contributed by atoms with Crippen LogP contribution in [0.2, 0.25) is 0 Å². The quantitative estimate of drug-likeness (QED) is 0.798. The Labute approximate surface area is 125 Å². The number of aliphatic hydroxyl groups excluding tert-OH is 1. The molecule has 2 heterocycles. The monoisotopic (exact) mass is 289 g/mol. The Morgan fingerprint density at radius 2 is 1.95 bits per heavy atom. The normalized spacial score (nSPS) is 34.0. The summed E-state index contributed by atoms with van der Waals surface area (Å²) in [6.45, 7) is 9.51. The molecule has 21 heavy (non-hydrogen) atoms. The van der Waals surface area contributed by atoms with Crippen molar-refractivity contribution in [1.82, 2.24) is 4.90 Å². The number of rotatable bonds is 0. The fourth-order valence-corrected chi connectivity index (χ4v) is 3.89. The minimum absolute atomic E-state index is 0.00239. The van der Waals surface area contributed by atoms with Crippen molar-refractivity contribution in [3.8, 4) is 0 Å². The fourth-order valence-electron chi connectivity index (χ4n) is 3.89. The molecule has 1 fully saturated rings. The number of ether oxygens (including phenoxy) is 1. The Morgan fingerprint density at radius 3 is 2.57 bits per heavy atom. The average molecular weight is 289 g/mol. The Bertz CT molecular complexity index is 592. The Hall–Kier alpha value is -1.55. The lowest BCUT2D eigenvalue weighted by Crippen LogP contribution is -2.47. The molecule has 0 unspecified atom stereocenters. The number of amides is 1. The van der Waals surface area contributed by atoms with Gasteiger partial charge in [0.25, 0.3) is 0 Å². The highest BCUT2D eigenvalue weighted by Crippen LogP contribution is 2.59. The van der Waals surface area contributed by atoms with Gasteiger partial charge < -0.3 is 9.84 Å². The van der Waals surface area contributed by atoms with E-state index in [1.54, 1.807) is 4.90 Å². The summed E-state index contributed by atoms with van der Waals surface area (Å²) in [5, 5.41) is 10.7. The van der Waals surface area contributed by atoms with Crippen LogP contribution in [0.4, 0.5) is 4.79 Å². The number of nitrogens with zero attached hydrogens (tertiary/aromatic N) is 1. The molecule has 114 valence electrons. The van der Waals surface area contributed by atoms with E-state index >= 15 is 0 Å². The first-order chi connectivity index (χ1) is 9.68. The number of carbonyl (C=O) groups excluding carboxylic acids is 1. The molecule has 0 spiro atoms. The molecule has 2 aliphatic rings. The van der Waals surface area contributed by atoms with Gasteiger partial charge in [-0.05, 0) is 38.8 Å². The third-order valence-electron chi connectivity index (χ3n) is 4.77. The summed E-state index contributed by atoms with van der Waals surface area (Å²) < 4.78 is 5.57. The fraction of sp³-hybridized carbons (Fsp3) is 0.588. The number of carbonyl (C=O) groups is 1. The first-order valence-electron chi connectivity index (χ1n) is 7.47. The van der Waals surface area contributed by atoms with Crippen LogP contribution in [0.15, 0.2) is 24.3 Å². The standard InChI is InChI=1S/C17H23NO3/c1-10-13-11-8-6-7-9-12(11)17(5,14(10)19)18(13)15(20)21-16(2,3)4/h6-10,13-14,19H,1-5H3/t10-,13-,14+,17-/m1/s1. The smallest absolute Gasteiger partial charge is 0.411 e. The summed E-state index contributed by atoms with van der Waals surface area (Å²) in [7, 11) is 0. The maximum atomic E-state index is 12.7. The van der Waals surface area contributed by atoms with Gasteiger partial charge in [0.2, 0.25) is 0 Å². The highest BCUT2D eigenvalue weighted by Gasteiger charge is 2.64. The van der Waals surface area contributed by atoms with Crippen molar-refractivity contribution in [2.75, 3.05) is 0 Å². The van der Waals surface area contributed by atoms with Crippen molar-refractivity contribution in [3.05, 3.63) is 35.4 Å². The van der Waals surface area contributed by atoms with E-state index in [0.717, 1.165) is 11.1 Å². The number of benzene rings is 1. The summed E-state index contributed by atoms with van der Waals surface area (Å²) in [6, 6.07) is 7.87. The Morgan fingerprint density at radius 1 is 1.33 bits per heavy atom. The van der Waals surface area contributed by atoms with Crippen LogP contribution in [0.25, 0.3) is 0 Å². The molecule has 4 heteroatoms. The minimum atomic E-state index is -0.705. The molecular weight excluding hydrogens is 266 g/mol. The van der Waals surface area contributed by atoms with Crippen molar-refractivity contribution < 1.29 is 14.6 Å². The van der Waals surface area contributed by atoms with Crippen molar-refractivity contribution in [1.29, 1.82) is 0 Å². The Balaban J connectivity index is 2.07. The summed E-state index contributed by atoms with van der Waals surface area (Å²) in [5.41, 5.74) is 0.911. The predicted octanol–water partition coefficient (Wildman–Crippen LogP) is 3.20. The van der Waals surface area contributed by atoms with Crippen LogP contribution < -0.4 is 0 Å². The molecular formula is C17H23NO3. The Kier molecular flexibility index (Phi) is 2.90. The van der Waals surface area contributed by atoms with Gasteiger partial charge in [0.05, 0.1) is 17.7 Å². The number of hydrogen-bond acceptors (Lipinski definition) is 3. The molecule has 1 aromatic carbocycles. The minimum Gasteiger partial charge on any atom is -0.444 e. The van der Waals surface area contributed by atoms with E-state index in [1.807, 2.05) is 58.9 Å². The largest absolute Gasteiger partial charge is 0.444 e. The maximum Gasteiger partial charge on any atom is 0.411 e. The second kappa shape index (κ2) is 4.23. The molecule has 2 bridgehead atoms. The van der Waals surface area contributed by atoms with Gasteiger partial charge in [-0.25, -0.2) is 4.79 Å². The third kappa shape index (κ3) is 1.81. The maximum absolute atomic E-state index is 12.7. The van der Waals surface area contributed by atoms with E-state index in [1.165, 1.54) is 0 Å². The van der Waals surface area contributed by atoms with Crippen LogP contribution in [-0.2, 0) is 10.3 Å². The van der Waals surface area contributed by atoms with Crippen LogP contribution in [0.3, 0.4) is 0 Å². The van der Waals surface area contributed by atoms with E-state index < -0.39 is 17.2 Å². The summed E-state index contributed by atoms with van der Waals surface area (Å²) >= 11 is 0. The van der Waals surface area contributed by atoms with Crippen molar-refractivity contribution in [3.63, 3.8) is 0 Å². The van der Waals surface area contributed by atoms with Crippen LogP contribution in [0, 0.1) is 5.92 Å². The predicted molar refractivity (Wildman–Crippen MR) is 79.8 cm³/mol. The van der Waals surface area contributed by atoms with Gasteiger partial charge in [0.1, 0.15) is 5.60 Å². The zero-order valence-corrected chi connectivity index (χ0v) is 13.3. The van der Waals surface area contributed by atoms with E-state index in [9.17, 15) is 9.90 Å². The molecule has 4 atom stereocenters. The van der Waals surface area contributed by atoms with E-state index in [2.05, 4.69) is 0 Å². The average Bonchev–Trinajstić information content (AvgIpc) is 2.76. The van der Waals surface area contributed by atoms with Gasteiger partial charge in [-0.2, -0.15) is 0 Å². The van der Waals surface area contributed by atoms with Gasteiger partial charge >= 0.3 is 6.09 Å². The molecule has 2 aliphatic heterocycles. The summed E-state index contributed by atoms with van der Waals surface area (Å²) in [4.78, 5) is 14.4. The number of hydrogen-bond donors (Lipinski definition) is 1. The van der Waals surface area contributed by atoms with Crippen LogP contribution >= 0.6 is 0 Å². The number of aliphatic hydroxyl groups is 1. The molecule has 0 radical (unpaired) electrons. The van der Waals surface area contributed by atoms with Crippen LogP contribution in [0.1, 0.15) is 51.8 Å². The molecule has 0 aliphatic carbocycles. The lowest BCUT2D eigenvalue weighted by Gasteiger charge is -2.35.